The fraction of sp³-hybridized carbons (Fsp3) is 0.0769. The van der Waals surface area contributed by atoms with Crippen molar-refractivity contribution < 1.29 is 17.9 Å². The smallest absolute Gasteiger partial charge is 0.216 e. The number of allylic oxidation sites excluding steroid dienone is 1. The molecule has 0 unspecified atom stereocenters. The quantitative estimate of drug-likeness (QED) is 0.356. The molecule has 0 aliphatic rings. The molecule has 4 aromatic rings. The number of hydrogen-bond donors (Lipinski definition) is 0. The van der Waals surface area contributed by atoms with Crippen molar-refractivity contribution in [1.29, 1.82) is 5.26 Å². The first-order valence-electron chi connectivity index (χ1n) is 10.3. The van der Waals surface area contributed by atoms with Crippen LogP contribution < -0.4 is 9.47 Å². The third kappa shape index (κ3) is 4.42. The van der Waals surface area contributed by atoms with Crippen LogP contribution in [0.4, 0.5) is 0 Å². The largest absolute Gasteiger partial charge is 0.493 e. The predicted molar refractivity (Wildman–Crippen MR) is 129 cm³/mol. The van der Waals surface area contributed by atoms with Crippen LogP contribution in [0, 0.1) is 11.3 Å². The molecule has 4 rings (SSSR count). The van der Waals surface area contributed by atoms with Gasteiger partial charge in [-0.3, -0.25) is 0 Å². The van der Waals surface area contributed by atoms with Gasteiger partial charge in [0, 0.05) is 17.3 Å². The van der Waals surface area contributed by atoms with E-state index < -0.39 is 9.84 Å². The molecule has 170 valence electrons. The Balaban J connectivity index is 1.91. The first-order valence-corrected chi connectivity index (χ1v) is 11.8. The van der Waals surface area contributed by atoms with Gasteiger partial charge in [0.15, 0.2) is 11.5 Å². The lowest BCUT2D eigenvalue weighted by atomic mass is 10.1. The zero-order valence-electron chi connectivity index (χ0n) is 18.5. The minimum absolute atomic E-state index is 0.0471. The van der Waals surface area contributed by atoms with E-state index in [9.17, 15) is 13.7 Å². The average molecular weight is 472 g/mol. The van der Waals surface area contributed by atoms with Crippen LogP contribution in [0.5, 0.6) is 11.5 Å². The zero-order valence-corrected chi connectivity index (χ0v) is 19.4. The Labute approximate surface area is 198 Å². The molecule has 0 saturated carbocycles. The number of benzene rings is 3. The van der Waals surface area contributed by atoms with Crippen LogP contribution in [0.2, 0.25) is 0 Å². The number of aromatic nitrogens is 2. The van der Waals surface area contributed by atoms with Gasteiger partial charge in [0.1, 0.15) is 16.7 Å². The summed E-state index contributed by atoms with van der Waals surface area (Å²) in [5.41, 5.74) is 2.41. The maximum Gasteiger partial charge on any atom is 0.216 e. The van der Waals surface area contributed by atoms with Gasteiger partial charge < -0.3 is 9.47 Å². The molecule has 0 aliphatic heterocycles. The van der Waals surface area contributed by atoms with E-state index in [0.29, 0.717) is 28.3 Å². The highest BCUT2D eigenvalue weighted by molar-refractivity contribution is 7.95. The molecule has 0 saturated heterocycles. The summed E-state index contributed by atoms with van der Waals surface area (Å²) in [5.74, 6) is 1.05. The summed E-state index contributed by atoms with van der Waals surface area (Å²) in [7, 11) is -0.931. The van der Waals surface area contributed by atoms with Crippen LogP contribution >= 0.6 is 0 Å². The van der Waals surface area contributed by atoms with Crippen molar-refractivity contribution >= 4 is 15.9 Å². The van der Waals surface area contributed by atoms with E-state index in [2.05, 4.69) is 0 Å². The van der Waals surface area contributed by atoms with Crippen molar-refractivity contribution in [2.75, 3.05) is 14.2 Å². The highest BCUT2D eigenvalue weighted by Crippen LogP contribution is 2.34. The lowest BCUT2D eigenvalue weighted by Gasteiger charge is -2.09. The number of methoxy groups -OCH3 is 2. The molecule has 8 heteroatoms. The number of ether oxygens (including phenoxy) is 2. The van der Waals surface area contributed by atoms with E-state index in [1.807, 2.05) is 36.4 Å². The highest BCUT2D eigenvalue weighted by atomic mass is 32.2. The van der Waals surface area contributed by atoms with Crippen molar-refractivity contribution in [3.8, 4) is 34.5 Å². The van der Waals surface area contributed by atoms with Crippen molar-refractivity contribution in [3.05, 3.63) is 95.5 Å². The average Bonchev–Trinajstić information content (AvgIpc) is 3.31. The molecule has 0 atom stereocenters. The van der Waals surface area contributed by atoms with Gasteiger partial charge in [0.25, 0.3) is 0 Å². The molecule has 1 heterocycles. The molecule has 1 aromatic heterocycles. The van der Waals surface area contributed by atoms with Crippen LogP contribution in [0.15, 0.2) is 94.9 Å². The standard InChI is InChI=1S/C26H21N3O4S/c1-32-24-14-13-19(16-25(24)33-2)26-20(18-29(28-26)21-9-5-3-6-10-21)15-23(17-27)34(30,31)22-11-7-4-8-12-22/h3-16,18H,1-2H3. The third-order valence-electron chi connectivity index (χ3n) is 5.16. The zero-order chi connectivity index (χ0) is 24.1. The van der Waals surface area contributed by atoms with Crippen molar-refractivity contribution in [2.45, 2.75) is 4.90 Å². The molecule has 34 heavy (non-hydrogen) atoms. The summed E-state index contributed by atoms with van der Waals surface area (Å²) in [6, 6.07) is 24.4. The summed E-state index contributed by atoms with van der Waals surface area (Å²) in [5, 5.41) is 14.5. The summed E-state index contributed by atoms with van der Waals surface area (Å²) < 4.78 is 38.6. The maximum absolute atomic E-state index is 13.1. The fourth-order valence-electron chi connectivity index (χ4n) is 3.45. The Hall–Kier alpha value is -4.35. The number of nitriles is 1. The molecule has 0 fully saturated rings. The summed E-state index contributed by atoms with van der Waals surface area (Å²) >= 11 is 0. The van der Waals surface area contributed by atoms with E-state index >= 15 is 0 Å². The third-order valence-corrected chi connectivity index (χ3v) is 6.84. The molecule has 0 N–H and O–H groups in total. The van der Waals surface area contributed by atoms with Gasteiger partial charge in [-0.25, -0.2) is 13.1 Å². The second-order valence-electron chi connectivity index (χ2n) is 7.22. The number of rotatable bonds is 7. The fourth-order valence-corrected chi connectivity index (χ4v) is 4.62. The molecule has 7 nitrogen and oxygen atoms in total. The Kier molecular flexibility index (Phi) is 6.48. The minimum atomic E-state index is -4.01. The van der Waals surface area contributed by atoms with Crippen molar-refractivity contribution in [3.63, 3.8) is 0 Å². The summed E-state index contributed by atoms with van der Waals surface area (Å²) in [6.45, 7) is 0. The van der Waals surface area contributed by atoms with Crippen molar-refractivity contribution in [1.82, 2.24) is 9.78 Å². The minimum Gasteiger partial charge on any atom is -0.493 e. The van der Waals surface area contributed by atoms with E-state index in [-0.39, 0.29) is 9.80 Å². The molecule has 3 aromatic carbocycles. The Morgan fingerprint density at radius 3 is 2.21 bits per heavy atom. The molecule has 0 bridgehead atoms. The number of hydrogen-bond acceptors (Lipinski definition) is 6. The highest BCUT2D eigenvalue weighted by Gasteiger charge is 2.22. The van der Waals surface area contributed by atoms with Gasteiger partial charge in [0.2, 0.25) is 9.84 Å². The van der Waals surface area contributed by atoms with E-state index in [1.165, 1.54) is 25.3 Å². The van der Waals surface area contributed by atoms with Gasteiger partial charge in [-0.05, 0) is 48.5 Å². The van der Waals surface area contributed by atoms with Crippen LogP contribution in [0.1, 0.15) is 5.56 Å². The van der Waals surface area contributed by atoms with Crippen molar-refractivity contribution in [2.24, 2.45) is 0 Å². The van der Waals surface area contributed by atoms with E-state index in [1.54, 1.807) is 54.4 Å². The van der Waals surface area contributed by atoms with Crippen LogP contribution in [0.3, 0.4) is 0 Å². The summed E-state index contributed by atoms with van der Waals surface area (Å²) in [4.78, 5) is -0.334. The Morgan fingerprint density at radius 2 is 1.59 bits per heavy atom. The second-order valence-corrected chi connectivity index (χ2v) is 9.14. The van der Waals surface area contributed by atoms with Crippen LogP contribution in [-0.4, -0.2) is 32.4 Å². The van der Waals surface area contributed by atoms with Crippen LogP contribution in [-0.2, 0) is 9.84 Å². The normalized spacial score (nSPS) is 11.6. The number of para-hydroxylation sites is 1. The van der Waals surface area contributed by atoms with Gasteiger partial charge in [-0.15, -0.1) is 0 Å². The lowest BCUT2D eigenvalue weighted by molar-refractivity contribution is 0.355. The Morgan fingerprint density at radius 1 is 0.941 bits per heavy atom. The topological polar surface area (TPSA) is 94.2 Å². The predicted octanol–water partition coefficient (Wildman–Crippen LogP) is 4.89. The maximum atomic E-state index is 13.1. The van der Waals surface area contributed by atoms with Gasteiger partial charge in [-0.1, -0.05) is 36.4 Å². The molecule has 0 radical (unpaired) electrons. The second kappa shape index (κ2) is 9.65. The molecular formula is C26H21N3O4S. The van der Waals surface area contributed by atoms with Gasteiger partial charge in [-0.2, -0.15) is 10.4 Å². The first-order chi connectivity index (χ1) is 16.5. The molecule has 0 amide bonds. The number of sulfone groups is 1. The summed E-state index contributed by atoms with van der Waals surface area (Å²) in [6.07, 6.45) is 3.04. The van der Waals surface area contributed by atoms with E-state index in [0.717, 1.165) is 5.69 Å². The van der Waals surface area contributed by atoms with Gasteiger partial charge in [0.05, 0.1) is 24.8 Å². The first kappa shape index (κ1) is 22.8. The Bertz CT molecular complexity index is 1490. The van der Waals surface area contributed by atoms with E-state index in [4.69, 9.17) is 14.6 Å². The lowest BCUT2D eigenvalue weighted by Crippen LogP contribution is -2.03. The number of nitrogens with zero attached hydrogens (tertiary/aromatic N) is 3. The monoisotopic (exact) mass is 471 g/mol. The SMILES string of the molecule is COc1ccc(-c2nn(-c3ccccc3)cc2C=C(C#N)S(=O)(=O)c2ccccc2)cc1OC. The van der Waals surface area contributed by atoms with Crippen LogP contribution in [0.25, 0.3) is 23.0 Å². The van der Waals surface area contributed by atoms with Gasteiger partial charge >= 0.3 is 0 Å². The molecule has 0 spiro atoms. The molecular weight excluding hydrogens is 450 g/mol. The molecule has 0 aliphatic carbocycles.